The smallest absolute Gasteiger partial charge is 0.255 e. The number of nitrogens with zero attached hydrogens (tertiary/aromatic N) is 4. The Morgan fingerprint density at radius 2 is 1.90 bits per heavy atom. The van der Waals surface area contributed by atoms with Gasteiger partial charge in [-0.25, -0.2) is 4.98 Å². The standard InChI is InChI=1S/C22H21N5OS/c1-4-17-13-20(27-22(24-17)23-15(3)26-27)29-19-11-6-5-10-18(19)25-21(28)16-9-7-8-14(2)12-16/h5-13H,4H2,1-3H3,(H,25,28). The van der Waals surface area contributed by atoms with Crippen molar-refractivity contribution in [1.82, 2.24) is 19.6 Å². The number of benzene rings is 2. The number of amides is 1. The van der Waals surface area contributed by atoms with Gasteiger partial charge in [-0.2, -0.15) is 9.50 Å². The molecule has 0 spiro atoms. The highest BCUT2D eigenvalue weighted by molar-refractivity contribution is 7.99. The molecule has 2 heterocycles. The fourth-order valence-electron chi connectivity index (χ4n) is 2.99. The van der Waals surface area contributed by atoms with Crippen LogP contribution in [0.4, 0.5) is 5.69 Å². The Hall–Kier alpha value is -3.19. The van der Waals surface area contributed by atoms with Crippen molar-refractivity contribution < 1.29 is 4.79 Å². The number of fused-ring (bicyclic) bond motifs is 1. The first kappa shape index (κ1) is 19.1. The van der Waals surface area contributed by atoms with Crippen LogP contribution in [0.1, 0.15) is 34.4 Å². The Kier molecular flexibility index (Phi) is 5.31. The van der Waals surface area contributed by atoms with E-state index in [9.17, 15) is 4.79 Å². The Labute approximate surface area is 173 Å². The summed E-state index contributed by atoms with van der Waals surface area (Å²) in [6, 6.07) is 17.3. The molecule has 146 valence electrons. The highest BCUT2D eigenvalue weighted by atomic mass is 32.2. The van der Waals surface area contributed by atoms with Crippen LogP contribution in [0.2, 0.25) is 0 Å². The Morgan fingerprint density at radius 3 is 2.69 bits per heavy atom. The number of carbonyl (C=O) groups excluding carboxylic acids is 1. The first-order valence-corrected chi connectivity index (χ1v) is 10.2. The number of carbonyl (C=O) groups is 1. The number of rotatable bonds is 5. The second-order valence-corrected chi connectivity index (χ2v) is 7.79. The lowest BCUT2D eigenvalue weighted by atomic mass is 10.1. The summed E-state index contributed by atoms with van der Waals surface area (Å²) in [5.74, 6) is 1.13. The van der Waals surface area contributed by atoms with E-state index in [2.05, 4.69) is 27.3 Å². The summed E-state index contributed by atoms with van der Waals surface area (Å²) in [7, 11) is 0. The lowest BCUT2D eigenvalue weighted by Gasteiger charge is -2.12. The largest absolute Gasteiger partial charge is 0.321 e. The third kappa shape index (κ3) is 4.14. The molecule has 1 amide bonds. The molecule has 0 atom stereocenters. The van der Waals surface area contributed by atoms with Gasteiger partial charge in [0.05, 0.1) is 5.69 Å². The lowest BCUT2D eigenvalue weighted by molar-refractivity contribution is 0.102. The van der Waals surface area contributed by atoms with Gasteiger partial charge in [-0.15, -0.1) is 5.10 Å². The van der Waals surface area contributed by atoms with Gasteiger partial charge in [0, 0.05) is 16.2 Å². The van der Waals surface area contributed by atoms with Gasteiger partial charge in [-0.05, 0) is 50.6 Å². The van der Waals surface area contributed by atoms with Crippen molar-refractivity contribution in [2.24, 2.45) is 0 Å². The first-order chi connectivity index (χ1) is 14.0. The zero-order valence-electron chi connectivity index (χ0n) is 16.5. The number of para-hydroxylation sites is 1. The van der Waals surface area contributed by atoms with Gasteiger partial charge in [0.15, 0.2) is 0 Å². The molecule has 1 N–H and O–H groups in total. The van der Waals surface area contributed by atoms with Gasteiger partial charge in [0.1, 0.15) is 10.9 Å². The van der Waals surface area contributed by atoms with Gasteiger partial charge < -0.3 is 5.32 Å². The molecule has 0 unspecified atom stereocenters. The van der Waals surface area contributed by atoms with Crippen LogP contribution < -0.4 is 5.32 Å². The molecule has 4 aromatic rings. The fraction of sp³-hybridized carbons (Fsp3) is 0.182. The summed E-state index contributed by atoms with van der Waals surface area (Å²) in [6.07, 6.45) is 0.807. The van der Waals surface area contributed by atoms with Crippen LogP contribution in [0.3, 0.4) is 0 Å². The summed E-state index contributed by atoms with van der Waals surface area (Å²) < 4.78 is 1.75. The molecule has 0 saturated heterocycles. The van der Waals surface area contributed by atoms with Crippen molar-refractivity contribution in [2.45, 2.75) is 37.1 Å². The molecule has 0 bridgehead atoms. The molecular formula is C22H21N5OS. The van der Waals surface area contributed by atoms with Crippen LogP contribution >= 0.6 is 11.8 Å². The van der Waals surface area contributed by atoms with Gasteiger partial charge in [0.2, 0.25) is 0 Å². The van der Waals surface area contributed by atoms with Crippen molar-refractivity contribution in [2.75, 3.05) is 5.32 Å². The summed E-state index contributed by atoms with van der Waals surface area (Å²) in [5, 5.41) is 8.41. The van der Waals surface area contributed by atoms with Gasteiger partial charge >= 0.3 is 0 Å². The molecule has 29 heavy (non-hydrogen) atoms. The number of nitrogens with one attached hydrogen (secondary N) is 1. The molecular weight excluding hydrogens is 382 g/mol. The molecule has 0 aliphatic heterocycles. The van der Waals surface area contributed by atoms with Crippen molar-refractivity contribution in [3.05, 3.63) is 77.2 Å². The zero-order valence-corrected chi connectivity index (χ0v) is 17.3. The molecule has 2 aromatic carbocycles. The molecule has 0 aliphatic carbocycles. The monoisotopic (exact) mass is 403 g/mol. The summed E-state index contributed by atoms with van der Waals surface area (Å²) in [5.41, 5.74) is 3.39. The van der Waals surface area contributed by atoms with Crippen molar-refractivity contribution in [1.29, 1.82) is 0 Å². The molecule has 0 radical (unpaired) electrons. The zero-order chi connectivity index (χ0) is 20.4. The van der Waals surface area contributed by atoms with E-state index in [0.29, 0.717) is 17.2 Å². The SMILES string of the molecule is CCc1cc(Sc2ccccc2NC(=O)c2cccc(C)c2)n2nc(C)nc2n1. The summed E-state index contributed by atoms with van der Waals surface area (Å²) >= 11 is 1.53. The minimum absolute atomic E-state index is 0.132. The van der Waals surface area contributed by atoms with E-state index in [1.807, 2.05) is 68.4 Å². The molecule has 2 aromatic heterocycles. The topological polar surface area (TPSA) is 72.2 Å². The third-order valence-electron chi connectivity index (χ3n) is 4.43. The quantitative estimate of drug-likeness (QED) is 0.489. The summed E-state index contributed by atoms with van der Waals surface area (Å²) in [4.78, 5) is 22.6. The van der Waals surface area contributed by atoms with Crippen LogP contribution in [0.5, 0.6) is 0 Å². The molecule has 0 aliphatic rings. The average Bonchev–Trinajstić information content (AvgIpc) is 3.09. The highest BCUT2D eigenvalue weighted by Gasteiger charge is 2.14. The van der Waals surface area contributed by atoms with Gasteiger partial charge in [0.25, 0.3) is 11.7 Å². The van der Waals surface area contributed by atoms with Crippen LogP contribution in [0.15, 0.2) is 64.5 Å². The normalized spacial score (nSPS) is 11.0. The number of hydrogen-bond donors (Lipinski definition) is 1. The Bertz CT molecular complexity index is 1200. The third-order valence-corrected chi connectivity index (χ3v) is 5.51. The molecule has 4 rings (SSSR count). The highest BCUT2D eigenvalue weighted by Crippen LogP contribution is 2.34. The van der Waals surface area contributed by atoms with Crippen LogP contribution in [0.25, 0.3) is 5.78 Å². The minimum Gasteiger partial charge on any atom is -0.321 e. The number of aromatic nitrogens is 4. The van der Waals surface area contributed by atoms with E-state index in [1.165, 1.54) is 11.8 Å². The van der Waals surface area contributed by atoms with E-state index < -0.39 is 0 Å². The summed E-state index contributed by atoms with van der Waals surface area (Å²) in [6.45, 7) is 5.89. The maximum atomic E-state index is 12.7. The molecule has 0 fully saturated rings. The van der Waals surface area contributed by atoms with E-state index in [0.717, 1.165) is 33.3 Å². The average molecular weight is 404 g/mol. The predicted molar refractivity (Wildman–Crippen MR) is 115 cm³/mol. The van der Waals surface area contributed by atoms with E-state index in [4.69, 9.17) is 0 Å². The maximum absolute atomic E-state index is 12.7. The van der Waals surface area contributed by atoms with Crippen LogP contribution in [-0.4, -0.2) is 25.5 Å². The van der Waals surface area contributed by atoms with Crippen molar-refractivity contribution in [3.63, 3.8) is 0 Å². The predicted octanol–water partition coefficient (Wildman–Crippen LogP) is 4.71. The first-order valence-electron chi connectivity index (χ1n) is 9.41. The number of anilines is 1. The van der Waals surface area contributed by atoms with Gasteiger partial charge in [-0.3, -0.25) is 4.79 Å². The number of hydrogen-bond acceptors (Lipinski definition) is 5. The Morgan fingerprint density at radius 1 is 1.07 bits per heavy atom. The lowest BCUT2D eigenvalue weighted by Crippen LogP contribution is -2.12. The maximum Gasteiger partial charge on any atom is 0.255 e. The second-order valence-electron chi connectivity index (χ2n) is 6.73. The second kappa shape index (κ2) is 8.05. The minimum atomic E-state index is -0.132. The number of aryl methyl sites for hydroxylation is 3. The van der Waals surface area contributed by atoms with Crippen molar-refractivity contribution >= 4 is 29.1 Å². The van der Waals surface area contributed by atoms with Crippen LogP contribution in [0, 0.1) is 13.8 Å². The van der Waals surface area contributed by atoms with Gasteiger partial charge in [-0.1, -0.05) is 48.5 Å². The Balaban J connectivity index is 1.67. The van der Waals surface area contributed by atoms with Crippen LogP contribution in [-0.2, 0) is 6.42 Å². The fourth-order valence-corrected chi connectivity index (χ4v) is 4.00. The van der Waals surface area contributed by atoms with E-state index >= 15 is 0 Å². The molecule has 0 saturated carbocycles. The van der Waals surface area contributed by atoms with E-state index in [-0.39, 0.29) is 5.91 Å². The molecule has 7 heteroatoms. The van der Waals surface area contributed by atoms with Crippen molar-refractivity contribution in [3.8, 4) is 0 Å². The molecule has 6 nitrogen and oxygen atoms in total. The van der Waals surface area contributed by atoms with E-state index in [1.54, 1.807) is 4.52 Å².